The van der Waals surface area contributed by atoms with Gasteiger partial charge in [-0.15, -0.1) is 11.8 Å². The van der Waals surface area contributed by atoms with Crippen LogP contribution in [0.4, 0.5) is 11.4 Å². The number of fused-ring (bicyclic) bond motifs is 1. The highest BCUT2D eigenvalue weighted by Gasteiger charge is 2.23. The molecule has 1 aliphatic rings. The molecule has 1 aliphatic heterocycles. The van der Waals surface area contributed by atoms with E-state index in [-0.39, 0.29) is 34.1 Å². The van der Waals surface area contributed by atoms with E-state index < -0.39 is 9.84 Å². The lowest BCUT2D eigenvalue weighted by atomic mass is 10.1. The highest BCUT2D eigenvalue weighted by molar-refractivity contribution is 8.00. The Balaban J connectivity index is 1.70. The first-order valence-corrected chi connectivity index (χ1v) is 12.0. The van der Waals surface area contributed by atoms with Gasteiger partial charge in [0, 0.05) is 28.7 Å². The number of para-hydroxylation sites is 1. The Bertz CT molecular complexity index is 1030. The Hall–Kier alpha value is -2.32. The number of carbonyl (C=O) groups excluding carboxylic acids is 2. The molecule has 2 aromatic rings. The Morgan fingerprint density at radius 3 is 2.76 bits per heavy atom. The second-order valence-electron chi connectivity index (χ2n) is 6.97. The van der Waals surface area contributed by atoms with Crippen molar-refractivity contribution in [1.29, 1.82) is 0 Å². The highest BCUT2D eigenvalue weighted by Crippen LogP contribution is 2.36. The Kier molecular flexibility index (Phi) is 6.64. The van der Waals surface area contributed by atoms with E-state index in [1.165, 1.54) is 23.9 Å². The molecule has 154 valence electrons. The van der Waals surface area contributed by atoms with Gasteiger partial charge in [0.2, 0.25) is 11.8 Å². The van der Waals surface area contributed by atoms with Gasteiger partial charge in [0.25, 0.3) is 0 Å². The van der Waals surface area contributed by atoms with Gasteiger partial charge in [-0.1, -0.05) is 32.0 Å². The molecule has 0 spiro atoms. The van der Waals surface area contributed by atoms with E-state index in [1.54, 1.807) is 12.1 Å². The van der Waals surface area contributed by atoms with Gasteiger partial charge in [-0.25, -0.2) is 8.42 Å². The van der Waals surface area contributed by atoms with Crippen LogP contribution >= 0.6 is 11.8 Å². The topological polar surface area (TPSA) is 92.3 Å². The molecular weight excluding hydrogens is 408 g/mol. The number of aryl methyl sites for hydroxylation is 1. The molecular formula is C21H24N2O4S2. The summed E-state index contributed by atoms with van der Waals surface area (Å²) >= 11 is 1.54. The van der Waals surface area contributed by atoms with E-state index in [1.807, 2.05) is 32.0 Å². The van der Waals surface area contributed by atoms with Crippen LogP contribution in [-0.2, 0) is 25.8 Å². The van der Waals surface area contributed by atoms with Gasteiger partial charge in [-0.05, 0) is 36.2 Å². The van der Waals surface area contributed by atoms with Crippen molar-refractivity contribution in [3.63, 3.8) is 0 Å². The lowest BCUT2D eigenvalue weighted by Gasteiger charge is -2.11. The molecule has 0 bridgehead atoms. The summed E-state index contributed by atoms with van der Waals surface area (Å²) in [5.41, 5.74) is 2.21. The number of thioether (sulfide) groups is 1. The van der Waals surface area contributed by atoms with E-state index in [0.717, 1.165) is 16.9 Å². The second-order valence-corrected chi connectivity index (χ2v) is 10.6. The maximum atomic E-state index is 12.7. The van der Waals surface area contributed by atoms with Gasteiger partial charge in [0.05, 0.1) is 16.3 Å². The molecule has 1 atom stereocenters. The average Bonchev–Trinajstić information content (AvgIpc) is 2.82. The molecule has 0 unspecified atom stereocenters. The standard InChI is InChI=1S/C21H24N2O4S2/c1-3-15-6-4-5-7-17(15)22-20(24)10-11-29(26,27)16-8-9-19-18(13-16)23-21(25)12-14(2)28-19/h4-9,13-14H,3,10-12H2,1-2H3,(H,22,24)(H,23,25)/t14-/m1/s1. The van der Waals surface area contributed by atoms with Crippen molar-refractivity contribution in [2.75, 3.05) is 16.4 Å². The second kappa shape index (κ2) is 9.00. The SMILES string of the molecule is CCc1ccccc1NC(=O)CCS(=O)(=O)c1ccc2c(c1)NC(=O)C[C@@H](C)S2. The molecule has 0 radical (unpaired) electrons. The van der Waals surface area contributed by atoms with Crippen molar-refractivity contribution < 1.29 is 18.0 Å². The van der Waals surface area contributed by atoms with E-state index in [4.69, 9.17) is 0 Å². The minimum absolute atomic E-state index is 0.105. The molecule has 0 aliphatic carbocycles. The minimum atomic E-state index is -3.66. The number of anilines is 2. The third kappa shape index (κ3) is 5.39. The zero-order valence-electron chi connectivity index (χ0n) is 16.4. The fraction of sp³-hybridized carbons (Fsp3) is 0.333. The van der Waals surface area contributed by atoms with Crippen LogP contribution in [0.1, 0.15) is 32.3 Å². The number of benzene rings is 2. The van der Waals surface area contributed by atoms with Crippen molar-refractivity contribution >= 4 is 44.8 Å². The van der Waals surface area contributed by atoms with Crippen LogP contribution in [0.2, 0.25) is 0 Å². The zero-order valence-corrected chi connectivity index (χ0v) is 18.0. The van der Waals surface area contributed by atoms with Gasteiger partial charge in [0.15, 0.2) is 9.84 Å². The maximum Gasteiger partial charge on any atom is 0.225 e. The molecule has 29 heavy (non-hydrogen) atoms. The van der Waals surface area contributed by atoms with E-state index >= 15 is 0 Å². The first-order valence-electron chi connectivity index (χ1n) is 9.49. The van der Waals surface area contributed by atoms with Crippen LogP contribution in [0.25, 0.3) is 0 Å². The summed E-state index contributed by atoms with van der Waals surface area (Å²) in [6.45, 7) is 3.95. The molecule has 0 saturated heterocycles. The van der Waals surface area contributed by atoms with Crippen molar-refractivity contribution in [2.45, 2.75) is 48.2 Å². The predicted octanol–water partition coefficient (Wildman–Crippen LogP) is 3.87. The molecule has 3 rings (SSSR count). The molecule has 0 saturated carbocycles. The van der Waals surface area contributed by atoms with Crippen molar-refractivity contribution in [1.82, 2.24) is 0 Å². The van der Waals surface area contributed by atoms with E-state index in [0.29, 0.717) is 17.8 Å². The number of hydrogen-bond donors (Lipinski definition) is 2. The normalized spacial score (nSPS) is 16.5. The number of carbonyl (C=O) groups is 2. The Morgan fingerprint density at radius 1 is 1.24 bits per heavy atom. The molecule has 0 aromatic heterocycles. The lowest BCUT2D eigenvalue weighted by molar-refractivity contribution is -0.116. The van der Waals surface area contributed by atoms with Gasteiger partial charge in [-0.2, -0.15) is 0 Å². The molecule has 2 amide bonds. The van der Waals surface area contributed by atoms with Gasteiger partial charge in [0.1, 0.15) is 0 Å². The largest absolute Gasteiger partial charge is 0.326 e. The summed E-state index contributed by atoms with van der Waals surface area (Å²) in [4.78, 5) is 25.2. The van der Waals surface area contributed by atoms with Crippen LogP contribution in [-0.4, -0.2) is 31.2 Å². The molecule has 2 aromatic carbocycles. The Labute approximate surface area is 175 Å². The maximum absolute atomic E-state index is 12.7. The first-order chi connectivity index (χ1) is 13.8. The minimum Gasteiger partial charge on any atom is -0.326 e. The number of amides is 2. The quantitative estimate of drug-likeness (QED) is 0.723. The predicted molar refractivity (Wildman–Crippen MR) is 116 cm³/mol. The number of rotatable bonds is 6. The molecule has 1 heterocycles. The Morgan fingerprint density at radius 2 is 2.00 bits per heavy atom. The average molecular weight is 433 g/mol. The van der Waals surface area contributed by atoms with Crippen molar-refractivity contribution in [3.05, 3.63) is 48.0 Å². The van der Waals surface area contributed by atoms with Crippen LogP contribution < -0.4 is 10.6 Å². The summed E-state index contributed by atoms with van der Waals surface area (Å²) in [5.74, 6) is -0.780. The molecule has 2 N–H and O–H groups in total. The summed E-state index contributed by atoms with van der Waals surface area (Å²) in [6.07, 6.45) is 1.00. The van der Waals surface area contributed by atoms with Crippen LogP contribution in [0.15, 0.2) is 52.3 Å². The summed E-state index contributed by atoms with van der Waals surface area (Å²) in [7, 11) is -3.66. The van der Waals surface area contributed by atoms with Crippen molar-refractivity contribution in [2.24, 2.45) is 0 Å². The lowest BCUT2D eigenvalue weighted by Crippen LogP contribution is -2.18. The summed E-state index contributed by atoms with van der Waals surface area (Å²) in [6, 6.07) is 12.2. The summed E-state index contributed by atoms with van der Waals surface area (Å²) < 4.78 is 25.5. The fourth-order valence-electron chi connectivity index (χ4n) is 3.13. The smallest absolute Gasteiger partial charge is 0.225 e. The third-order valence-electron chi connectivity index (χ3n) is 4.66. The molecule has 0 fully saturated rings. The van der Waals surface area contributed by atoms with Gasteiger partial charge in [-0.3, -0.25) is 9.59 Å². The van der Waals surface area contributed by atoms with Crippen LogP contribution in [0, 0.1) is 0 Å². The summed E-state index contributed by atoms with van der Waals surface area (Å²) in [5, 5.41) is 5.68. The zero-order chi connectivity index (χ0) is 21.0. The number of sulfone groups is 1. The fourth-order valence-corrected chi connectivity index (χ4v) is 5.45. The molecule has 6 nitrogen and oxygen atoms in total. The van der Waals surface area contributed by atoms with Crippen LogP contribution in [0.5, 0.6) is 0 Å². The molecule has 8 heteroatoms. The van der Waals surface area contributed by atoms with E-state index in [2.05, 4.69) is 10.6 Å². The highest BCUT2D eigenvalue weighted by atomic mass is 32.2. The number of nitrogens with one attached hydrogen (secondary N) is 2. The third-order valence-corrected chi connectivity index (χ3v) is 7.55. The van der Waals surface area contributed by atoms with Crippen LogP contribution in [0.3, 0.4) is 0 Å². The van der Waals surface area contributed by atoms with E-state index in [9.17, 15) is 18.0 Å². The monoisotopic (exact) mass is 432 g/mol. The van der Waals surface area contributed by atoms with Gasteiger partial charge >= 0.3 is 0 Å². The van der Waals surface area contributed by atoms with Gasteiger partial charge < -0.3 is 10.6 Å². The number of hydrogen-bond acceptors (Lipinski definition) is 5. The first kappa shape index (κ1) is 21.4. The van der Waals surface area contributed by atoms with Crippen molar-refractivity contribution in [3.8, 4) is 0 Å².